The van der Waals surface area contributed by atoms with Crippen LogP contribution in [0.1, 0.15) is 15.9 Å². The summed E-state index contributed by atoms with van der Waals surface area (Å²) >= 11 is 5.78. The average Bonchev–Trinajstić information content (AvgIpc) is 2.31. The Bertz CT molecular complexity index is 620. The van der Waals surface area contributed by atoms with Gasteiger partial charge in [0.05, 0.1) is 0 Å². The maximum absolute atomic E-state index is 13.0. The largest absolute Gasteiger partial charge is 0.294 e. The molecule has 0 aliphatic carbocycles. The summed E-state index contributed by atoms with van der Waals surface area (Å²) in [6, 6.07) is 6.19. The number of hydrogen-bond donors (Lipinski definition) is 0. The number of carbonyl (C=O) groups is 1. The summed E-state index contributed by atoms with van der Waals surface area (Å²) in [5.74, 6) is -2.66. The molecule has 0 atom stereocenters. The molecule has 0 bridgehead atoms. The molecule has 98 valence electrons. The van der Waals surface area contributed by atoms with Crippen molar-refractivity contribution in [2.24, 2.45) is 0 Å². The fourth-order valence-electron chi connectivity index (χ4n) is 1.65. The van der Waals surface area contributed by atoms with E-state index in [1.165, 1.54) is 12.1 Å². The minimum Gasteiger partial charge on any atom is -0.294 e. The van der Waals surface area contributed by atoms with Crippen molar-refractivity contribution in [2.75, 3.05) is 0 Å². The van der Waals surface area contributed by atoms with Crippen molar-refractivity contribution in [3.05, 3.63) is 70.0 Å². The Morgan fingerprint density at radius 3 is 2.16 bits per heavy atom. The van der Waals surface area contributed by atoms with Gasteiger partial charge in [0.25, 0.3) is 0 Å². The molecule has 0 aliphatic heterocycles. The zero-order valence-corrected chi connectivity index (χ0v) is 10.3. The monoisotopic (exact) mass is 284 g/mol. The molecule has 0 unspecified atom stereocenters. The molecule has 0 saturated heterocycles. The first-order chi connectivity index (χ1) is 8.95. The number of Topliss-reactive ketones (excluding diaryl/α,β-unsaturated/α-hetero) is 1. The Morgan fingerprint density at radius 2 is 1.58 bits per heavy atom. The van der Waals surface area contributed by atoms with E-state index < -0.39 is 23.2 Å². The minimum absolute atomic E-state index is 0.0853. The van der Waals surface area contributed by atoms with Gasteiger partial charge in [0.2, 0.25) is 0 Å². The van der Waals surface area contributed by atoms with Crippen LogP contribution < -0.4 is 0 Å². The minimum atomic E-state index is -0.825. The van der Waals surface area contributed by atoms with Gasteiger partial charge in [-0.05, 0) is 29.8 Å². The topological polar surface area (TPSA) is 17.1 Å². The normalized spacial score (nSPS) is 10.5. The molecule has 0 aromatic heterocycles. The first-order valence-corrected chi connectivity index (χ1v) is 5.77. The summed E-state index contributed by atoms with van der Waals surface area (Å²) < 4.78 is 38.8. The lowest BCUT2D eigenvalue weighted by atomic mass is 10.0. The van der Waals surface area contributed by atoms with Crippen LogP contribution in [0.4, 0.5) is 13.2 Å². The van der Waals surface area contributed by atoms with Crippen molar-refractivity contribution in [3.63, 3.8) is 0 Å². The Balaban J connectivity index is 2.25. The average molecular weight is 285 g/mol. The number of hydrogen-bond acceptors (Lipinski definition) is 1. The second-order valence-corrected chi connectivity index (χ2v) is 4.40. The zero-order valence-electron chi connectivity index (χ0n) is 9.59. The molecule has 2 rings (SSSR count). The molecule has 0 fully saturated rings. The molecule has 0 N–H and O–H groups in total. The molecule has 0 spiro atoms. The summed E-state index contributed by atoms with van der Waals surface area (Å²) in [5, 5.41) is 0.102. The van der Waals surface area contributed by atoms with Gasteiger partial charge in [-0.1, -0.05) is 17.7 Å². The van der Waals surface area contributed by atoms with Gasteiger partial charge < -0.3 is 0 Å². The number of halogens is 4. The van der Waals surface area contributed by atoms with Crippen molar-refractivity contribution in [3.8, 4) is 0 Å². The summed E-state index contributed by atoms with van der Waals surface area (Å²) in [4.78, 5) is 11.9. The Labute approximate surface area is 112 Å². The van der Waals surface area contributed by atoms with Gasteiger partial charge in [0, 0.05) is 23.1 Å². The third-order valence-electron chi connectivity index (χ3n) is 2.55. The van der Waals surface area contributed by atoms with E-state index in [0.29, 0.717) is 11.6 Å². The summed E-state index contributed by atoms with van der Waals surface area (Å²) in [5.41, 5.74) is 0.315. The molecule has 5 heteroatoms. The quantitative estimate of drug-likeness (QED) is 0.773. The van der Waals surface area contributed by atoms with Gasteiger partial charge in [-0.15, -0.1) is 0 Å². The van der Waals surface area contributed by atoms with Crippen molar-refractivity contribution < 1.29 is 18.0 Å². The zero-order chi connectivity index (χ0) is 14.0. The lowest BCUT2D eigenvalue weighted by Crippen LogP contribution is -2.05. The van der Waals surface area contributed by atoms with Gasteiger partial charge in [-0.25, -0.2) is 13.2 Å². The van der Waals surface area contributed by atoms with Crippen LogP contribution in [0.2, 0.25) is 5.02 Å². The number of benzene rings is 2. The molecule has 0 radical (unpaired) electrons. The molecule has 2 aromatic rings. The number of ketones is 1. The fourth-order valence-corrected chi connectivity index (χ4v) is 1.89. The lowest BCUT2D eigenvalue weighted by Gasteiger charge is -2.04. The SMILES string of the molecule is O=C(Cc1ccc(F)cc1Cl)c1cc(F)cc(F)c1. The third-order valence-corrected chi connectivity index (χ3v) is 2.90. The van der Waals surface area contributed by atoms with Gasteiger partial charge in [0.15, 0.2) is 5.78 Å². The molecule has 0 heterocycles. The van der Waals surface area contributed by atoms with E-state index in [2.05, 4.69) is 0 Å². The molecule has 2 aromatic carbocycles. The summed E-state index contributed by atoms with van der Waals surface area (Å²) in [6.07, 6.45) is -0.151. The van der Waals surface area contributed by atoms with Crippen LogP contribution in [0.3, 0.4) is 0 Å². The predicted octanol–water partition coefficient (Wildman–Crippen LogP) is 4.18. The predicted molar refractivity (Wildman–Crippen MR) is 65.8 cm³/mol. The standard InChI is InChI=1S/C14H8ClF3O/c15-13-7-10(16)2-1-8(13)5-14(19)9-3-11(17)6-12(18)4-9/h1-4,6-7H,5H2. The highest BCUT2D eigenvalue weighted by Gasteiger charge is 2.12. The van der Waals surface area contributed by atoms with Crippen LogP contribution in [-0.2, 0) is 6.42 Å². The Hall–Kier alpha value is -1.81. The molecular weight excluding hydrogens is 277 g/mol. The molecular formula is C14H8ClF3O. The highest BCUT2D eigenvalue weighted by molar-refractivity contribution is 6.31. The van der Waals surface area contributed by atoms with E-state index in [9.17, 15) is 18.0 Å². The fraction of sp³-hybridized carbons (Fsp3) is 0.0714. The van der Waals surface area contributed by atoms with E-state index >= 15 is 0 Å². The van der Waals surface area contributed by atoms with Crippen LogP contribution in [0, 0.1) is 17.5 Å². The molecule has 1 nitrogen and oxygen atoms in total. The van der Waals surface area contributed by atoms with Gasteiger partial charge in [-0.3, -0.25) is 4.79 Å². The van der Waals surface area contributed by atoms with Crippen LogP contribution >= 0.6 is 11.6 Å². The van der Waals surface area contributed by atoms with Crippen molar-refractivity contribution >= 4 is 17.4 Å². The van der Waals surface area contributed by atoms with Crippen molar-refractivity contribution in [1.82, 2.24) is 0 Å². The highest BCUT2D eigenvalue weighted by Crippen LogP contribution is 2.20. The maximum Gasteiger partial charge on any atom is 0.167 e. The second kappa shape index (κ2) is 5.45. The van der Waals surface area contributed by atoms with Gasteiger partial charge in [0.1, 0.15) is 17.5 Å². The lowest BCUT2D eigenvalue weighted by molar-refractivity contribution is 0.0992. The molecule has 19 heavy (non-hydrogen) atoms. The van der Waals surface area contributed by atoms with Crippen molar-refractivity contribution in [1.29, 1.82) is 0 Å². The smallest absolute Gasteiger partial charge is 0.167 e. The van der Waals surface area contributed by atoms with E-state index in [1.54, 1.807) is 0 Å². The summed E-state index contributed by atoms with van der Waals surface area (Å²) in [7, 11) is 0. The Kier molecular flexibility index (Phi) is 3.90. The maximum atomic E-state index is 13.0. The second-order valence-electron chi connectivity index (χ2n) is 3.99. The first kappa shape index (κ1) is 13.6. The number of rotatable bonds is 3. The van der Waals surface area contributed by atoms with E-state index in [-0.39, 0.29) is 17.0 Å². The molecule has 0 saturated carbocycles. The van der Waals surface area contributed by atoms with Crippen LogP contribution in [0.5, 0.6) is 0 Å². The van der Waals surface area contributed by atoms with Crippen LogP contribution in [-0.4, -0.2) is 5.78 Å². The summed E-state index contributed by atoms with van der Waals surface area (Å²) in [6.45, 7) is 0. The van der Waals surface area contributed by atoms with E-state index in [1.807, 2.05) is 0 Å². The Morgan fingerprint density at radius 1 is 0.947 bits per heavy atom. The van der Waals surface area contributed by atoms with E-state index in [0.717, 1.165) is 18.2 Å². The number of carbonyl (C=O) groups excluding carboxylic acids is 1. The van der Waals surface area contributed by atoms with Gasteiger partial charge in [-0.2, -0.15) is 0 Å². The van der Waals surface area contributed by atoms with Crippen LogP contribution in [0.15, 0.2) is 36.4 Å². The van der Waals surface area contributed by atoms with Crippen LogP contribution in [0.25, 0.3) is 0 Å². The molecule has 0 amide bonds. The first-order valence-electron chi connectivity index (χ1n) is 5.39. The highest BCUT2D eigenvalue weighted by atomic mass is 35.5. The van der Waals surface area contributed by atoms with Gasteiger partial charge >= 0.3 is 0 Å². The third kappa shape index (κ3) is 3.35. The molecule has 0 aliphatic rings. The van der Waals surface area contributed by atoms with Crippen molar-refractivity contribution in [2.45, 2.75) is 6.42 Å². The van der Waals surface area contributed by atoms with E-state index in [4.69, 9.17) is 11.6 Å².